The van der Waals surface area contributed by atoms with E-state index in [-0.39, 0.29) is 5.41 Å². The van der Waals surface area contributed by atoms with Crippen molar-refractivity contribution < 1.29 is 0 Å². The van der Waals surface area contributed by atoms with E-state index >= 15 is 0 Å². The number of hydrogen-bond acceptors (Lipinski definition) is 4. The van der Waals surface area contributed by atoms with Gasteiger partial charge in [-0.15, -0.1) is 0 Å². The molecule has 2 aromatic carbocycles. The third-order valence-electron chi connectivity index (χ3n) is 6.62. The van der Waals surface area contributed by atoms with Crippen LogP contribution in [-0.2, 0) is 5.41 Å². The van der Waals surface area contributed by atoms with Gasteiger partial charge in [-0.3, -0.25) is 0 Å². The van der Waals surface area contributed by atoms with Crippen LogP contribution in [0.2, 0.25) is 0 Å². The van der Waals surface area contributed by atoms with E-state index in [9.17, 15) is 0 Å². The number of rotatable bonds is 7. The lowest BCUT2D eigenvalue weighted by Gasteiger charge is -2.30. The first kappa shape index (κ1) is 19.8. The van der Waals surface area contributed by atoms with Gasteiger partial charge in [-0.1, -0.05) is 31.2 Å². The quantitative estimate of drug-likeness (QED) is 0.383. The number of aromatic nitrogens is 2. The normalized spacial score (nSPS) is 15.7. The highest BCUT2D eigenvalue weighted by Crippen LogP contribution is 2.37. The Morgan fingerprint density at radius 3 is 1.97 bits per heavy atom. The maximum absolute atomic E-state index is 4.89. The van der Waals surface area contributed by atoms with Crippen LogP contribution in [0.25, 0.3) is 21.8 Å². The van der Waals surface area contributed by atoms with Gasteiger partial charge in [0.15, 0.2) is 0 Å². The molecule has 0 bridgehead atoms. The van der Waals surface area contributed by atoms with Gasteiger partial charge in [0.25, 0.3) is 0 Å². The number of nitrogens with zero attached hydrogens (tertiary/aromatic N) is 2. The Morgan fingerprint density at radius 2 is 1.42 bits per heavy atom. The van der Waals surface area contributed by atoms with Crippen LogP contribution < -0.4 is 10.6 Å². The summed E-state index contributed by atoms with van der Waals surface area (Å²) in [4.78, 5) is 9.63. The molecule has 157 valence electrons. The molecule has 4 aromatic rings. The third-order valence-corrected chi connectivity index (χ3v) is 6.62. The number of pyridine rings is 2. The smallest absolute Gasteiger partial charge is 0.126 e. The van der Waals surface area contributed by atoms with Gasteiger partial charge in [-0.05, 0) is 79.6 Å². The van der Waals surface area contributed by atoms with Crippen LogP contribution in [0.15, 0.2) is 60.7 Å². The summed E-state index contributed by atoms with van der Waals surface area (Å²) in [5, 5.41) is 8.90. The van der Waals surface area contributed by atoms with Crippen molar-refractivity contribution in [3.63, 3.8) is 0 Å². The first-order chi connectivity index (χ1) is 15.1. The molecular formula is C27H29N4. The summed E-state index contributed by atoms with van der Waals surface area (Å²) in [6, 6.07) is 21.4. The second kappa shape index (κ2) is 7.84. The van der Waals surface area contributed by atoms with Crippen LogP contribution in [0.4, 0.5) is 11.6 Å². The summed E-state index contributed by atoms with van der Waals surface area (Å²) in [7, 11) is 1.89. The first-order valence-electron chi connectivity index (χ1n) is 11.2. The van der Waals surface area contributed by atoms with E-state index in [0.717, 1.165) is 52.3 Å². The van der Waals surface area contributed by atoms with Crippen molar-refractivity contribution in [2.24, 2.45) is 5.92 Å². The van der Waals surface area contributed by atoms with Crippen LogP contribution in [0.1, 0.15) is 37.3 Å². The Labute approximate surface area is 184 Å². The minimum atomic E-state index is -0.362. The van der Waals surface area contributed by atoms with Crippen LogP contribution in [0, 0.1) is 12.8 Å². The molecule has 1 atom stereocenters. The molecule has 2 N–H and O–H groups in total. The van der Waals surface area contributed by atoms with Crippen molar-refractivity contribution >= 4 is 33.4 Å². The predicted molar refractivity (Wildman–Crippen MR) is 131 cm³/mol. The number of fused-ring (bicyclic) bond motifs is 2. The van der Waals surface area contributed by atoms with E-state index < -0.39 is 0 Å². The molecule has 1 aliphatic carbocycles. The van der Waals surface area contributed by atoms with Crippen molar-refractivity contribution in [1.29, 1.82) is 0 Å². The van der Waals surface area contributed by atoms with E-state index in [2.05, 4.69) is 79.1 Å². The second-order valence-corrected chi connectivity index (χ2v) is 8.72. The molecule has 1 unspecified atom stereocenters. The summed E-state index contributed by atoms with van der Waals surface area (Å²) in [6.45, 7) is 7.90. The summed E-state index contributed by atoms with van der Waals surface area (Å²) in [5.74, 6) is 2.65. The van der Waals surface area contributed by atoms with Crippen LogP contribution in [0.5, 0.6) is 0 Å². The highest BCUT2D eigenvalue weighted by Gasteiger charge is 2.28. The number of anilines is 2. The molecule has 31 heavy (non-hydrogen) atoms. The molecule has 4 heteroatoms. The average Bonchev–Trinajstić information content (AvgIpc) is 3.65. The largest absolute Gasteiger partial charge is 0.373 e. The molecule has 5 rings (SSSR count). The third kappa shape index (κ3) is 3.83. The maximum Gasteiger partial charge on any atom is 0.126 e. The van der Waals surface area contributed by atoms with Crippen LogP contribution >= 0.6 is 0 Å². The molecule has 2 aromatic heterocycles. The minimum Gasteiger partial charge on any atom is -0.373 e. The van der Waals surface area contributed by atoms with Crippen molar-refractivity contribution in [3.05, 3.63) is 78.7 Å². The standard InChI is InChI=1S/C27H29N4/c1-4-27(2,21-11-7-19-9-13-25(28-3)30-23(19)15-21)22-12-8-20-10-14-26(31-24(20)16-22)29-17-18-5-6-18/h7-16,18H,2,4-6,17H2,1,3H3,(H,28,30)(H,29,31). The Morgan fingerprint density at radius 1 is 0.871 bits per heavy atom. The van der Waals surface area contributed by atoms with Gasteiger partial charge in [0.2, 0.25) is 0 Å². The Kier molecular flexibility index (Phi) is 5.01. The predicted octanol–water partition coefficient (Wildman–Crippen LogP) is 6.18. The van der Waals surface area contributed by atoms with E-state index in [0.29, 0.717) is 0 Å². The molecule has 1 radical (unpaired) electrons. The molecule has 1 saturated carbocycles. The van der Waals surface area contributed by atoms with Gasteiger partial charge in [-0.25, -0.2) is 9.97 Å². The van der Waals surface area contributed by atoms with Gasteiger partial charge in [0.1, 0.15) is 11.6 Å². The van der Waals surface area contributed by atoms with Gasteiger partial charge >= 0.3 is 0 Å². The van der Waals surface area contributed by atoms with Crippen molar-refractivity contribution in [3.8, 4) is 0 Å². The minimum absolute atomic E-state index is 0.362. The number of benzene rings is 2. The molecule has 1 aliphatic rings. The van der Waals surface area contributed by atoms with E-state index in [1.807, 2.05) is 13.1 Å². The van der Waals surface area contributed by atoms with Gasteiger partial charge in [-0.2, -0.15) is 0 Å². The highest BCUT2D eigenvalue weighted by atomic mass is 15.0. The lowest BCUT2D eigenvalue weighted by molar-refractivity contribution is 0.614. The summed E-state index contributed by atoms with van der Waals surface area (Å²) in [6.07, 6.45) is 3.55. The van der Waals surface area contributed by atoms with E-state index in [1.165, 1.54) is 24.0 Å². The Bertz CT molecular complexity index is 1240. The molecule has 2 heterocycles. The first-order valence-corrected chi connectivity index (χ1v) is 11.2. The summed E-state index contributed by atoms with van der Waals surface area (Å²) >= 11 is 0. The summed E-state index contributed by atoms with van der Waals surface area (Å²) < 4.78 is 0. The Hall–Kier alpha value is -3.14. The molecule has 0 spiro atoms. The zero-order valence-corrected chi connectivity index (χ0v) is 18.3. The summed E-state index contributed by atoms with van der Waals surface area (Å²) in [5.41, 5.74) is 3.98. The van der Waals surface area contributed by atoms with E-state index in [1.54, 1.807) is 0 Å². The lowest BCUT2D eigenvalue weighted by Crippen LogP contribution is -2.23. The number of hydrogen-bond donors (Lipinski definition) is 2. The molecular weight excluding hydrogens is 380 g/mol. The zero-order chi connectivity index (χ0) is 21.4. The average molecular weight is 410 g/mol. The molecule has 0 aliphatic heterocycles. The zero-order valence-electron chi connectivity index (χ0n) is 18.3. The molecule has 0 saturated heterocycles. The topological polar surface area (TPSA) is 49.8 Å². The van der Waals surface area contributed by atoms with Crippen molar-refractivity contribution in [2.75, 3.05) is 24.2 Å². The molecule has 4 nitrogen and oxygen atoms in total. The highest BCUT2D eigenvalue weighted by molar-refractivity contribution is 5.83. The Balaban J connectivity index is 1.54. The fraction of sp³-hybridized carbons (Fsp3) is 0.296. The fourth-order valence-corrected chi connectivity index (χ4v) is 4.21. The van der Waals surface area contributed by atoms with Crippen LogP contribution in [-0.4, -0.2) is 23.6 Å². The molecule has 1 fully saturated rings. The lowest BCUT2D eigenvalue weighted by atomic mass is 9.74. The van der Waals surface area contributed by atoms with E-state index in [4.69, 9.17) is 9.97 Å². The monoisotopic (exact) mass is 409 g/mol. The van der Waals surface area contributed by atoms with Gasteiger partial charge < -0.3 is 10.6 Å². The maximum atomic E-state index is 4.89. The molecule has 0 amide bonds. The van der Waals surface area contributed by atoms with Gasteiger partial charge in [0.05, 0.1) is 11.0 Å². The number of nitrogens with one attached hydrogen (secondary N) is 2. The fourth-order valence-electron chi connectivity index (χ4n) is 4.21. The van der Waals surface area contributed by atoms with Crippen molar-refractivity contribution in [2.45, 2.75) is 31.6 Å². The van der Waals surface area contributed by atoms with Crippen molar-refractivity contribution in [1.82, 2.24) is 9.97 Å². The SMILES string of the molecule is [CH2]C(CC)(c1ccc2ccc(NC)nc2c1)c1ccc2ccc(NCC3CC3)nc2c1. The van der Waals surface area contributed by atoms with Gasteiger partial charge in [0, 0.05) is 29.8 Å². The van der Waals surface area contributed by atoms with Crippen LogP contribution in [0.3, 0.4) is 0 Å². The second-order valence-electron chi connectivity index (χ2n) is 8.72.